The summed E-state index contributed by atoms with van der Waals surface area (Å²) in [6.07, 6.45) is 0.739. The molecule has 17 heavy (non-hydrogen) atoms. The number of hydrogen-bond donors (Lipinski definition) is 2. The molecule has 0 saturated heterocycles. The fourth-order valence-corrected chi connectivity index (χ4v) is 2.85. The molecule has 0 radical (unpaired) electrons. The lowest BCUT2D eigenvalue weighted by atomic mass is 10.0. The Morgan fingerprint density at radius 1 is 1.29 bits per heavy atom. The topological polar surface area (TPSA) is 38.0 Å². The first kappa shape index (κ1) is 12.9. The average molecular weight is 287 g/mol. The number of nitrogens with two attached hydrogens (primary N) is 1. The number of halogens is 2. The van der Waals surface area contributed by atoms with Crippen LogP contribution < -0.4 is 11.3 Å². The van der Waals surface area contributed by atoms with Crippen LogP contribution in [0.2, 0.25) is 10.0 Å². The average Bonchev–Trinajstić information content (AvgIpc) is 2.81. The summed E-state index contributed by atoms with van der Waals surface area (Å²) in [5.41, 5.74) is 5.01. The Bertz CT molecular complexity index is 485. The number of hydrazine groups is 1. The van der Waals surface area contributed by atoms with Crippen molar-refractivity contribution in [2.75, 3.05) is 0 Å². The highest BCUT2D eigenvalue weighted by atomic mass is 35.5. The predicted octanol–water partition coefficient (Wildman–Crippen LogP) is 3.80. The normalized spacial score (nSPS) is 12.6. The molecule has 1 heterocycles. The highest BCUT2D eigenvalue weighted by Gasteiger charge is 2.13. The Balaban J connectivity index is 2.19. The highest BCUT2D eigenvalue weighted by Crippen LogP contribution is 2.26. The molecule has 1 aromatic heterocycles. The van der Waals surface area contributed by atoms with Crippen LogP contribution in [0.25, 0.3) is 0 Å². The van der Waals surface area contributed by atoms with Crippen molar-refractivity contribution in [1.82, 2.24) is 5.43 Å². The third kappa shape index (κ3) is 3.21. The van der Waals surface area contributed by atoms with Gasteiger partial charge in [0.15, 0.2) is 0 Å². The van der Waals surface area contributed by atoms with Crippen LogP contribution in [0.4, 0.5) is 0 Å². The summed E-state index contributed by atoms with van der Waals surface area (Å²) in [5, 5.41) is 5.43. The van der Waals surface area contributed by atoms with Crippen molar-refractivity contribution in [3.8, 4) is 0 Å². The van der Waals surface area contributed by atoms with E-state index in [1.807, 2.05) is 17.5 Å². The first-order chi connectivity index (χ1) is 8.20. The van der Waals surface area contributed by atoms with E-state index in [9.17, 15) is 0 Å². The Hall–Kier alpha value is -0.580. The molecule has 1 aromatic carbocycles. The van der Waals surface area contributed by atoms with Gasteiger partial charge in [0.2, 0.25) is 0 Å². The van der Waals surface area contributed by atoms with Gasteiger partial charge in [-0.1, -0.05) is 29.3 Å². The van der Waals surface area contributed by atoms with Crippen LogP contribution in [0.15, 0.2) is 35.0 Å². The van der Waals surface area contributed by atoms with Crippen molar-refractivity contribution < 1.29 is 0 Å². The van der Waals surface area contributed by atoms with E-state index in [0.29, 0.717) is 10.0 Å². The molecule has 0 aliphatic heterocycles. The molecule has 2 rings (SSSR count). The Labute approximate surface area is 114 Å². The summed E-state index contributed by atoms with van der Waals surface area (Å²) in [7, 11) is 0. The van der Waals surface area contributed by atoms with Gasteiger partial charge in [-0.05, 0) is 46.5 Å². The molecule has 2 aromatic rings. The van der Waals surface area contributed by atoms with Crippen LogP contribution in [0, 0.1) is 0 Å². The van der Waals surface area contributed by atoms with Crippen LogP contribution in [0.1, 0.15) is 17.2 Å². The van der Waals surface area contributed by atoms with Crippen molar-refractivity contribution in [3.63, 3.8) is 0 Å². The maximum atomic E-state index is 6.14. The van der Waals surface area contributed by atoms with E-state index in [1.165, 1.54) is 5.56 Å². The van der Waals surface area contributed by atoms with E-state index in [2.05, 4.69) is 16.9 Å². The SMILES string of the molecule is NNC(Cc1ccc(Cl)cc1Cl)c1ccsc1. The molecule has 1 atom stereocenters. The Morgan fingerprint density at radius 3 is 2.71 bits per heavy atom. The zero-order valence-electron chi connectivity index (χ0n) is 8.99. The summed E-state index contributed by atoms with van der Waals surface area (Å²) in [6, 6.07) is 7.64. The fraction of sp³-hybridized carbons (Fsp3) is 0.167. The van der Waals surface area contributed by atoms with Crippen LogP contribution in [0.3, 0.4) is 0 Å². The molecule has 5 heteroatoms. The number of rotatable bonds is 4. The highest BCUT2D eigenvalue weighted by molar-refractivity contribution is 7.07. The summed E-state index contributed by atoms with van der Waals surface area (Å²) < 4.78 is 0. The summed E-state index contributed by atoms with van der Waals surface area (Å²) >= 11 is 13.7. The predicted molar refractivity (Wildman–Crippen MR) is 74.5 cm³/mol. The minimum atomic E-state index is 0.0694. The molecule has 0 amide bonds. The molecule has 0 aliphatic carbocycles. The zero-order chi connectivity index (χ0) is 12.3. The van der Waals surface area contributed by atoms with Gasteiger partial charge in [-0.2, -0.15) is 11.3 Å². The van der Waals surface area contributed by atoms with Crippen molar-refractivity contribution in [1.29, 1.82) is 0 Å². The number of benzene rings is 1. The number of hydrogen-bond acceptors (Lipinski definition) is 3. The number of nitrogens with one attached hydrogen (secondary N) is 1. The van der Waals surface area contributed by atoms with Crippen LogP contribution >= 0.6 is 34.5 Å². The summed E-state index contributed by atoms with van der Waals surface area (Å²) in [6.45, 7) is 0. The third-order valence-corrected chi connectivity index (χ3v) is 3.87. The van der Waals surface area contributed by atoms with Crippen LogP contribution in [0.5, 0.6) is 0 Å². The second-order valence-corrected chi connectivity index (χ2v) is 5.34. The van der Waals surface area contributed by atoms with E-state index in [1.54, 1.807) is 17.4 Å². The largest absolute Gasteiger partial charge is 0.271 e. The van der Waals surface area contributed by atoms with Crippen molar-refractivity contribution in [3.05, 3.63) is 56.2 Å². The first-order valence-electron chi connectivity index (χ1n) is 5.13. The zero-order valence-corrected chi connectivity index (χ0v) is 11.3. The fourth-order valence-electron chi connectivity index (χ4n) is 1.65. The van der Waals surface area contributed by atoms with Gasteiger partial charge in [-0.25, -0.2) is 0 Å². The molecule has 0 saturated carbocycles. The molecule has 0 bridgehead atoms. The molecule has 0 fully saturated rings. The lowest BCUT2D eigenvalue weighted by Crippen LogP contribution is -2.29. The number of thiophene rings is 1. The smallest absolute Gasteiger partial charge is 0.0509 e. The van der Waals surface area contributed by atoms with Gasteiger partial charge in [0.05, 0.1) is 6.04 Å². The van der Waals surface area contributed by atoms with Gasteiger partial charge >= 0.3 is 0 Å². The molecule has 1 unspecified atom stereocenters. The molecular weight excluding hydrogens is 275 g/mol. The Morgan fingerprint density at radius 2 is 2.12 bits per heavy atom. The lowest BCUT2D eigenvalue weighted by Gasteiger charge is -2.15. The minimum absolute atomic E-state index is 0.0694. The quantitative estimate of drug-likeness (QED) is 0.663. The van der Waals surface area contributed by atoms with E-state index in [4.69, 9.17) is 29.0 Å². The Kier molecular flexibility index (Phi) is 4.42. The van der Waals surface area contributed by atoms with Crippen LogP contribution in [-0.4, -0.2) is 0 Å². The van der Waals surface area contributed by atoms with Gasteiger partial charge in [0.1, 0.15) is 0 Å². The monoisotopic (exact) mass is 286 g/mol. The third-order valence-electron chi connectivity index (χ3n) is 2.59. The minimum Gasteiger partial charge on any atom is -0.271 e. The summed E-state index contributed by atoms with van der Waals surface area (Å²) in [4.78, 5) is 0. The van der Waals surface area contributed by atoms with Crippen molar-refractivity contribution in [2.45, 2.75) is 12.5 Å². The molecule has 0 aliphatic rings. The second kappa shape index (κ2) is 5.85. The standard InChI is InChI=1S/C12H12Cl2N2S/c13-10-2-1-8(11(14)6-10)5-12(16-15)9-3-4-17-7-9/h1-4,6-7,12,16H,5,15H2. The van der Waals surface area contributed by atoms with E-state index >= 15 is 0 Å². The van der Waals surface area contributed by atoms with E-state index < -0.39 is 0 Å². The van der Waals surface area contributed by atoms with Gasteiger partial charge in [0.25, 0.3) is 0 Å². The first-order valence-corrected chi connectivity index (χ1v) is 6.82. The molecule has 3 N–H and O–H groups in total. The second-order valence-electron chi connectivity index (χ2n) is 3.72. The molecule has 2 nitrogen and oxygen atoms in total. The summed E-state index contributed by atoms with van der Waals surface area (Å²) in [5.74, 6) is 5.58. The van der Waals surface area contributed by atoms with Crippen LogP contribution in [-0.2, 0) is 6.42 Å². The molecule has 0 spiro atoms. The maximum absolute atomic E-state index is 6.14. The lowest BCUT2D eigenvalue weighted by molar-refractivity contribution is 0.553. The molecule has 90 valence electrons. The van der Waals surface area contributed by atoms with Gasteiger partial charge < -0.3 is 0 Å². The van der Waals surface area contributed by atoms with Gasteiger partial charge in [0, 0.05) is 10.0 Å². The van der Waals surface area contributed by atoms with E-state index in [0.717, 1.165) is 12.0 Å². The van der Waals surface area contributed by atoms with E-state index in [-0.39, 0.29) is 6.04 Å². The van der Waals surface area contributed by atoms with Crippen molar-refractivity contribution >= 4 is 34.5 Å². The van der Waals surface area contributed by atoms with Gasteiger partial charge in [-0.3, -0.25) is 11.3 Å². The van der Waals surface area contributed by atoms with Gasteiger partial charge in [-0.15, -0.1) is 0 Å². The van der Waals surface area contributed by atoms with Crippen molar-refractivity contribution in [2.24, 2.45) is 5.84 Å². The molecular formula is C12H12Cl2N2S. The maximum Gasteiger partial charge on any atom is 0.0509 e.